The summed E-state index contributed by atoms with van der Waals surface area (Å²) in [4.78, 5) is 0. The number of hydrogen-bond acceptors (Lipinski definition) is 3. The van der Waals surface area contributed by atoms with Crippen molar-refractivity contribution in [3.63, 3.8) is 0 Å². The Bertz CT molecular complexity index is 2580. The van der Waals surface area contributed by atoms with Crippen molar-refractivity contribution >= 4 is 50.8 Å². The van der Waals surface area contributed by atoms with Crippen molar-refractivity contribution in [2.45, 2.75) is 6.42 Å². The second-order valence-electron chi connectivity index (χ2n) is 13.2. The van der Waals surface area contributed by atoms with Gasteiger partial charge in [0.25, 0.3) is 5.88 Å². The molecule has 1 aliphatic rings. The van der Waals surface area contributed by atoms with E-state index >= 15 is 0 Å². The Balaban J connectivity index is 1.11. The van der Waals surface area contributed by atoms with E-state index in [0.717, 1.165) is 45.3 Å². The van der Waals surface area contributed by atoms with Crippen LogP contribution in [0.15, 0.2) is 181 Å². The first-order valence-corrected chi connectivity index (χ1v) is 19.4. The van der Waals surface area contributed by atoms with Gasteiger partial charge in [0.05, 0.1) is 18.5 Å². The van der Waals surface area contributed by atoms with Gasteiger partial charge in [-0.25, -0.2) is 4.68 Å². The molecule has 0 radical (unpaired) electrons. The second kappa shape index (κ2) is 11.9. The van der Waals surface area contributed by atoms with Gasteiger partial charge in [-0.3, -0.25) is 0 Å². The SMILES string of the molecule is c1ccc([Si](c2ccccc2)(c2ccccc2)c2cccc(-c3ccc4oc5ccc(-n6cc7c(n6)OCCc6cccn6-7)cc5c4c3)c2)cc1. The van der Waals surface area contributed by atoms with Crippen LogP contribution in [0.5, 0.6) is 5.88 Å². The number of fused-ring (bicyclic) bond motifs is 6. The van der Waals surface area contributed by atoms with Gasteiger partial charge in [-0.1, -0.05) is 121 Å². The highest BCUT2D eigenvalue weighted by molar-refractivity contribution is 7.19. The third-order valence-corrected chi connectivity index (χ3v) is 15.1. The van der Waals surface area contributed by atoms with Crippen LogP contribution >= 0.6 is 0 Å². The molecule has 0 saturated carbocycles. The number of rotatable bonds is 6. The van der Waals surface area contributed by atoms with E-state index in [4.69, 9.17) is 14.3 Å². The van der Waals surface area contributed by atoms with Crippen LogP contribution in [-0.4, -0.2) is 29.0 Å². The van der Waals surface area contributed by atoms with Gasteiger partial charge < -0.3 is 13.7 Å². The van der Waals surface area contributed by atoms with Crippen LogP contribution < -0.4 is 25.5 Å². The Morgan fingerprint density at radius 2 is 1.18 bits per heavy atom. The van der Waals surface area contributed by atoms with Gasteiger partial charge in [-0.2, -0.15) is 0 Å². The van der Waals surface area contributed by atoms with Crippen LogP contribution in [0.2, 0.25) is 0 Å². The van der Waals surface area contributed by atoms with Crippen LogP contribution in [0.3, 0.4) is 0 Å². The molecule has 6 aromatic carbocycles. The maximum Gasteiger partial charge on any atom is 0.257 e. The molecular formula is C45H33N3O2Si. The van der Waals surface area contributed by atoms with E-state index in [2.05, 4.69) is 168 Å². The second-order valence-corrected chi connectivity index (χ2v) is 17.0. The van der Waals surface area contributed by atoms with E-state index in [-0.39, 0.29) is 0 Å². The first-order valence-electron chi connectivity index (χ1n) is 17.4. The van der Waals surface area contributed by atoms with Gasteiger partial charge in [0, 0.05) is 29.1 Å². The van der Waals surface area contributed by atoms with Crippen LogP contribution in [-0.2, 0) is 6.42 Å². The summed E-state index contributed by atoms with van der Waals surface area (Å²) in [7, 11) is -2.66. The van der Waals surface area contributed by atoms with Crippen molar-refractivity contribution in [1.82, 2.24) is 14.3 Å². The van der Waals surface area contributed by atoms with E-state index in [1.165, 1.54) is 32.0 Å². The molecule has 51 heavy (non-hydrogen) atoms. The molecule has 4 heterocycles. The number of hydrogen-bond donors (Lipinski definition) is 0. The largest absolute Gasteiger partial charge is 0.475 e. The summed E-state index contributed by atoms with van der Waals surface area (Å²) in [5.41, 5.74) is 7.16. The molecule has 0 aliphatic carbocycles. The zero-order valence-corrected chi connectivity index (χ0v) is 28.8. The van der Waals surface area contributed by atoms with E-state index in [1.807, 2.05) is 16.9 Å². The molecule has 0 atom stereocenters. The monoisotopic (exact) mass is 675 g/mol. The number of aromatic nitrogens is 3. The topological polar surface area (TPSA) is 45.1 Å². The molecule has 0 fully saturated rings. The predicted molar refractivity (Wildman–Crippen MR) is 208 cm³/mol. The smallest absolute Gasteiger partial charge is 0.257 e. The van der Waals surface area contributed by atoms with Crippen LogP contribution in [0.1, 0.15) is 5.69 Å². The number of ether oxygens (including phenoxy) is 1. The molecule has 0 saturated heterocycles. The van der Waals surface area contributed by atoms with Crippen LogP contribution in [0.25, 0.3) is 44.4 Å². The average Bonchev–Trinajstić information content (AvgIpc) is 3.91. The minimum absolute atomic E-state index is 0.606. The number of furan rings is 1. The summed E-state index contributed by atoms with van der Waals surface area (Å²) in [5, 5.41) is 12.4. The van der Waals surface area contributed by atoms with Crippen molar-refractivity contribution in [3.05, 3.63) is 182 Å². The molecule has 0 bridgehead atoms. The van der Waals surface area contributed by atoms with Gasteiger partial charge in [0.2, 0.25) is 0 Å². The quantitative estimate of drug-likeness (QED) is 0.135. The summed E-state index contributed by atoms with van der Waals surface area (Å²) in [6, 6.07) is 59.4. The van der Waals surface area contributed by atoms with E-state index < -0.39 is 8.07 Å². The Morgan fingerprint density at radius 1 is 0.549 bits per heavy atom. The fourth-order valence-corrected chi connectivity index (χ4v) is 12.7. The van der Waals surface area contributed by atoms with Gasteiger partial charge >= 0.3 is 0 Å². The highest BCUT2D eigenvalue weighted by atomic mass is 28.3. The Hall–Kier alpha value is -6.37. The fourth-order valence-electron chi connectivity index (χ4n) is 7.94. The van der Waals surface area contributed by atoms with Crippen LogP contribution in [0.4, 0.5) is 0 Å². The minimum Gasteiger partial charge on any atom is -0.475 e. The zero-order valence-electron chi connectivity index (χ0n) is 27.8. The van der Waals surface area contributed by atoms with Gasteiger partial charge in [-0.15, -0.1) is 5.10 Å². The highest BCUT2D eigenvalue weighted by Gasteiger charge is 2.41. The van der Waals surface area contributed by atoms with Gasteiger partial charge in [0.15, 0.2) is 8.07 Å². The Kier molecular flexibility index (Phi) is 6.89. The predicted octanol–water partition coefficient (Wildman–Crippen LogP) is 7.54. The maximum atomic E-state index is 6.37. The summed E-state index contributed by atoms with van der Waals surface area (Å²) in [5.74, 6) is 0.644. The molecule has 244 valence electrons. The van der Waals surface area contributed by atoms with Crippen molar-refractivity contribution in [2.75, 3.05) is 6.61 Å². The third-order valence-electron chi connectivity index (χ3n) is 10.3. The Morgan fingerprint density at radius 3 is 1.88 bits per heavy atom. The minimum atomic E-state index is -2.66. The van der Waals surface area contributed by atoms with E-state index in [1.54, 1.807) is 0 Å². The van der Waals surface area contributed by atoms with Crippen molar-refractivity contribution in [1.29, 1.82) is 0 Å². The lowest BCUT2D eigenvalue weighted by Crippen LogP contribution is -2.74. The van der Waals surface area contributed by atoms with E-state index in [0.29, 0.717) is 12.5 Å². The lowest BCUT2D eigenvalue weighted by molar-refractivity contribution is 0.311. The van der Waals surface area contributed by atoms with Crippen LogP contribution in [0, 0.1) is 0 Å². The molecule has 0 spiro atoms. The van der Waals surface area contributed by atoms with Crippen molar-refractivity contribution < 1.29 is 9.15 Å². The third kappa shape index (κ3) is 4.79. The average molecular weight is 676 g/mol. The lowest BCUT2D eigenvalue weighted by Gasteiger charge is -2.34. The molecule has 9 aromatic rings. The zero-order chi connectivity index (χ0) is 33.8. The Labute approximate surface area is 296 Å². The van der Waals surface area contributed by atoms with Crippen molar-refractivity contribution in [2.24, 2.45) is 0 Å². The molecule has 1 aliphatic heterocycles. The summed E-state index contributed by atoms with van der Waals surface area (Å²) >= 11 is 0. The molecule has 0 N–H and O–H groups in total. The molecule has 10 rings (SSSR count). The summed E-state index contributed by atoms with van der Waals surface area (Å²) in [6.45, 7) is 0.606. The summed E-state index contributed by atoms with van der Waals surface area (Å²) in [6.07, 6.45) is 4.98. The molecule has 6 heteroatoms. The first kappa shape index (κ1) is 29.5. The van der Waals surface area contributed by atoms with Gasteiger partial charge in [0.1, 0.15) is 16.9 Å². The maximum absolute atomic E-state index is 6.37. The number of benzene rings is 6. The number of nitrogens with zero attached hydrogens (tertiary/aromatic N) is 3. The van der Waals surface area contributed by atoms with Crippen molar-refractivity contribution in [3.8, 4) is 28.4 Å². The fraction of sp³-hybridized carbons (Fsp3) is 0.0444. The lowest BCUT2D eigenvalue weighted by atomic mass is 10.0. The summed E-state index contributed by atoms with van der Waals surface area (Å²) < 4.78 is 16.5. The molecule has 0 unspecified atom stereocenters. The molecule has 5 nitrogen and oxygen atoms in total. The highest BCUT2D eigenvalue weighted by Crippen LogP contribution is 2.35. The first-order chi connectivity index (χ1) is 25.3. The van der Waals surface area contributed by atoms with E-state index in [9.17, 15) is 0 Å². The molecule has 3 aromatic heterocycles. The van der Waals surface area contributed by atoms with Gasteiger partial charge in [-0.05, 0) is 74.3 Å². The standard InChI is InChI=1S/C45H33N3O2Si/c1-4-14-36(15-5-1)51(37-16-6-2-7-17-37,38-18-8-3-9-19-38)39-20-10-12-32(28-39)33-21-23-43-40(29-33)41-30-35(22-24-44(41)50-43)48-31-42-45(46-48)49-27-25-34-13-11-26-47(34)42/h1-24,26,28-31H,25,27H2. The molecular weight excluding hydrogens is 643 g/mol. The normalized spacial score (nSPS) is 12.7. The molecule has 0 amide bonds.